The summed E-state index contributed by atoms with van der Waals surface area (Å²) in [5, 5.41) is 2.94. The van der Waals surface area contributed by atoms with Crippen LogP contribution in [0, 0.1) is 11.6 Å². The quantitative estimate of drug-likeness (QED) is 0.715. The van der Waals surface area contributed by atoms with Gasteiger partial charge in [-0.1, -0.05) is 18.2 Å². The summed E-state index contributed by atoms with van der Waals surface area (Å²) in [4.78, 5) is 27.3. The fraction of sp³-hybridized carbons (Fsp3) is 0.111. The van der Waals surface area contributed by atoms with Gasteiger partial charge in [0.05, 0.1) is 7.11 Å². The van der Waals surface area contributed by atoms with Gasteiger partial charge in [-0.15, -0.1) is 0 Å². The fourth-order valence-corrected chi connectivity index (χ4v) is 2.53. The first-order valence-electron chi connectivity index (χ1n) is 7.41. The van der Waals surface area contributed by atoms with Gasteiger partial charge in [-0.05, 0) is 30.3 Å². The van der Waals surface area contributed by atoms with E-state index in [-0.39, 0.29) is 11.3 Å². The number of ether oxygens (including phenoxy) is 1. The molecule has 3 rings (SSSR count). The van der Waals surface area contributed by atoms with Crippen LogP contribution in [0.25, 0.3) is 10.9 Å². The molecular weight excluding hydrogens is 330 g/mol. The van der Waals surface area contributed by atoms with E-state index in [9.17, 15) is 18.4 Å². The van der Waals surface area contributed by atoms with E-state index in [1.807, 2.05) is 0 Å². The van der Waals surface area contributed by atoms with E-state index in [1.165, 1.54) is 42.5 Å². The molecule has 0 bridgehead atoms. The van der Waals surface area contributed by atoms with Crippen LogP contribution in [-0.2, 0) is 9.53 Å². The first-order chi connectivity index (χ1) is 12.0. The molecule has 0 aliphatic rings. The smallest absolute Gasteiger partial charge is 0.333 e. The van der Waals surface area contributed by atoms with Crippen LogP contribution in [0.1, 0.15) is 22.1 Å². The topological polar surface area (TPSA) is 71.2 Å². The molecule has 0 radical (unpaired) electrons. The summed E-state index contributed by atoms with van der Waals surface area (Å²) in [5.41, 5.74) is 0.669. The standard InChI is InChI=1S/C18H14F2N2O3/c1-25-18(24)16(12-4-2-3-5-13(12)20)22-17(23)15-9-10-8-11(19)6-7-14(10)21-15/h2-9,16,21H,1H3,(H,22,23). The maximum Gasteiger partial charge on any atom is 0.333 e. The highest BCUT2D eigenvalue weighted by atomic mass is 19.1. The van der Waals surface area contributed by atoms with Crippen LogP contribution in [0.4, 0.5) is 8.78 Å². The minimum Gasteiger partial charge on any atom is -0.467 e. The molecule has 1 amide bonds. The Balaban J connectivity index is 1.91. The van der Waals surface area contributed by atoms with Crippen LogP contribution in [0.5, 0.6) is 0 Å². The lowest BCUT2D eigenvalue weighted by molar-refractivity contribution is -0.143. The zero-order chi connectivity index (χ0) is 18.0. The van der Waals surface area contributed by atoms with Crippen molar-refractivity contribution in [2.24, 2.45) is 0 Å². The molecule has 2 N–H and O–H groups in total. The van der Waals surface area contributed by atoms with E-state index in [4.69, 9.17) is 0 Å². The molecule has 0 fully saturated rings. The highest BCUT2D eigenvalue weighted by molar-refractivity contribution is 5.99. The lowest BCUT2D eigenvalue weighted by Gasteiger charge is -2.17. The molecule has 1 heterocycles. The average molecular weight is 344 g/mol. The van der Waals surface area contributed by atoms with Crippen LogP contribution in [0.15, 0.2) is 48.5 Å². The zero-order valence-corrected chi connectivity index (χ0v) is 13.2. The Kier molecular flexibility index (Phi) is 4.47. The Labute approximate surface area is 141 Å². The van der Waals surface area contributed by atoms with Gasteiger partial charge in [0.1, 0.15) is 17.3 Å². The summed E-state index contributed by atoms with van der Waals surface area (Å²) in [5.74, 6) is -2.52. The molecule has 0 aliphatic carbocycles. The van der Waals surface area contributed by atoms with Crippen LogP contribution in [-0.4, -0.2) is 24.0 Å². The second-order valence-corrected chi connectivity index (χ2v) is 5.37. The summed E-state index contributed by atoms with van der Waals surface area (Å²) < 4.78 is 31.9. The minimum absolute atomic E-state index is 0.00939. The average Bonchev–Trinajstić information content (AvgIpc) is 3.03. The van der Waals surface area contributed by atoms with Crippen molar-refractivity contribution < 1.29 is 23.1 Å². The molecule has 0 saturated heterocycles. The van der Waals surface area contributed by atoms with Crippen molar-refractivity contribution in [1.82, 2.24) is 10.3 Å². The summed E-state index contributed by atoms with van der Waals surface area (Å²) in [6, 6.07) is 9.77. The monoisotopic (exact) mass is 344 g/mol. The molecule has 0 aliphatic heterocycles. The highest BCUT2D eigenvalue weighted by Gasteiger charge is 2.27. The van der Waals surface area contributed by atoms with E-state index in [0.29, 0.717) is 10.9 Å². The van der Waals surface area contributed by atoms with Gasteiger partial charge in [-0.25, -0.2) is 13.6 Å². The molecule has 1 unspecified atom stereocenters. The third-order valence-electron chi connectivity index (χ3n) is 3.76. The van der Waals surface area contributed by atoms with Gasteiger partial charge in [0, 0.05) is 16.5 Å². The van der Waals surface area contributed by atoms with Crippen LogP contribution in [0.3, 0.4) is 0 Å². The predicted octanol–water partition coefficient (Wildman–Crippen LogP) is 3.09. The number of aromatic amines is 1. The van der Waals surface area contributed by atoms with E-state index < -0.39 is 29.6 Å². The number of hydrogen-bond donors (Lipinski definition) is 2. The van der Waals surface area contributed by atoms with Gasteiger partial charge >= 0.3 is 5.97 Å². The lowest BCUT2D eigenvalue weighted by Crippen LogP contribution is -2.35. The fourth-order valence-electron chi connectivity index (χ4n) is 2.53. The molecule has 0 spiro atoms. The zero-order valence-electron chi connectivity index (χ0n) is 13.2. The number of aromatic nitrogens is 1. The van der Waals surface area contributed by atoms with E-state index in [0.717, 1.165) is 7.11 Å². The van der Waals surface area contributed by atoms with Crippen molar-refractivity contribution in [1.29, 1.82) is 0 Å². The Morgan fingerprint density at radius 3 is 2.60 bits per heavy atom. The number of H-pyrrole nitrogens is 1. The van der Waals surface area contributed by atoms with Gasteiger partial charge in [-0.2, -0.15) is 0 Å². The van der Waals surface area contributed by atoms with Crippen molar-refractivity contribution >= 4 is 22.8 Å². The Bertz CT molecular complexity index is 952. The molecule has 128 valence electrons. The Hall–Kier alpha value is -3.22. The third kappa shape index (κ3) is 3.35. The Morgan fingerprint density at radius 2 is 1.88 bits per heavy atom. The number of carbonyl (C=O) groups is 2. The SMILES string of the molecule is COC(=O)C(NC(=O)c1cc2cc(F)ccc2[nH]1)c1ccccc1F. The van der Waals surface area contributed by atoms with Gasteiger partial charge in [0.2, 0.25) is 0 Å². The first kappa shape index (κ1) is 16.6. The number of amides is 1. The number of halogens is 2. The molecule has 1 aromatic heterocycles. The van der Waals surface area contributed by atoms with Crippen LogP contribution >= 0.6 is 0 Å². The van der Waals surface area contributed by atoms with Crippen LogP contribution in [0.2, 0.25) is 0 Å². The number of rotatable bonds is 4. The second kappa shape index (κ2) is 6.72. The van der Waals surface area contributed by atoms with Crippen molar-refractivity contribution in [3.63, 3.8) is 0 Å². The largest absolute Gasteiger partial charge is 0.467 e. The van der Waals surface area contributed by atoms with Crippen molar-refractivity contribution in [3.8, 4) is 0 Å². The minimum atomic E-state index is -1.30. The van der Waals surface area contributed by atoms with Crippen LogP contribution < -0.4 is 5.32 Å². The second-order valence-electron chi connectivity index (χ2n) is 5.37. The number of fused-ring (bicyclic) bond motifs is 1. The normalized spacial score (nSPS) is 12.0. The van der Waals surface area contributed by atoms with Crippen molar-refractivity contribution in [3.05, 3.63) is 71.4 Å². The summed E-state index contributed by atoms with van der Waals surface area (Å²) >= 11 is 0. The number of benzene rings is 2. The van der Waals surface area contributed by atoms with E-state index >= 15 is 0 Å². The maximum absolute atomic E-state index is 14.0. The summed E-state index contributed by atoms with van der Waals surface area (Å²) in [6.07, 6.45) is 0. The highest BCUT2D eigenvalue weighted by Crippen LogP contribution is 2.20. The Morgan fingerprint density at radius 1 is 1.12 bits per heavy atom. The van der Waals surface area contributed by atoms with Gasteiger partial charge in [-0.3, -0.25) is 4.79 Å². The number of nitrogens with one attached hydrogen (secondary N) is 2. The molecule has 1 atom stereocenters. The molecule has 7 heteroatoms. The lowest BCUT2D eigenvalue weighted by atomic mass is 10.1. The molecular formula is C18H14F2N2O3. The van der Waals surface area contributed by atoms with Crippen molar-refractivity contribution in [2.75, 3.05) is 7.11 Å². The van der Waals surface area contributed by atoms with Gasteiger partial charge in [0.15, 0.2) is 6.04 Å². The predicted molar refractivity (Wildman–Crippen MR) is 86.9 cm³/mol. The number of carbonyl (C=O) groups excluding carboxylic acids is 2. The molecule has 25 heavy (non-hydrogen) atoms. The number of hydrogen-bond acceptors (Lipinski definition) is 3. The number of esters is 1. The van der Waals surface area contributed by atoms with E-state index in [1.54, 1.807) is 6.07 Å². The van der Waals surface area contributed by atoms with Crippen molar-refractivity contribution in [2.45, 2.75) is 6.04 Å². The molecule has 2 aromatic carbocycles. The molecule has 0 saturated carbocycles. The molecule has 5 nitrogen and oxygen atoms in total. The third-order valence-corrected chi connectivity index (χ3v) is 3.76. The number of methoxy groups -OCH3 is 1. The summed E-state index contributed by atoms with van der Waals surface area (Å²) in [6.45, 7) is 0. The first-order valence-corrected chi connectivity index (χ1v) is 7.41. The maximum atomic E-state index is 14.0. The van der Waals surface area contributed by atoms with Gasteiger partial charge in [0.25, 0.3) is 5.91 Å². The van der Waals surface area contributed by atoms with Gasteiger partial charge < -0.3 is 15.0 Å². The molecule has 3 aromatic rings. The summed E-state index contributed by atoms with van der Waals surface area (Å²) in [7, 11) is 1.15. The van der Waals surface area contributed by atoms with E-state index in [2.05, 4.69) is 15.0 Å².